The Labute approximate surface area is 126 Å². The Balaban J connectivity index is 2.30. The van der Waals surface area contributed by atoms with Gasteiger partial charge in [-0.1, -0.05) is 42.0 Å². The summed E-state index contributed by atoms with van der Waals surface area (Å²) in [5.74, 6) is 0.822. The quantitative estimate of drug-likeness (QED) is 0.828. The Morgan fingerprint density at radius 1 is 1.00 bits per heavy atom. The van der Waals surface area contributed by atoms with E-state index >= 15 is 0 Å². The van der Waals surface area contributed by atoms with E-state index in [0.717, 1.165) is 16.9 Å². The predicted octanol–water partition coefficient (Wildman–Crippen LogP) is 3.38. The van der Waals surface area contributed by atoms with Gasteiger partial charge >= 0.3 is 0 Å². The van der Waals surface area contributed by atoms with E-state index in [9.17, 15) is 0 Å². The van der Waals surface area contributed by atoms with Gasteiger partial charge in [-0.15, -0.1) is 0 Å². The van der Waals surface area contributed by atoms with Crippen molar-refractivity contribution >= 4 is 0 Å². The maximum absolute atomic E-state index is 6.48. The van der Waals surface area contributed by atoms with Crippen LogP contribution in [0.4, 0.5) is 0 Å². The molecule has 0 saturated heterocycles. The first-order valence-corrected chi connectivity index (χ1v) is 7.17. The molecule has 0 spiro atoms. The smallest absolute Gasteiger partial charge is 0.124 e. The first kappa shape index (κ1) is 15.5. The maximum atomic E-state index is 6.48. The van der Waals surface area contributed by atoms with E-state index in [0.29, 0.717) is 13.2 Å². The second-order valence-corrected chi connectivity index (χ2v) is 5.22. The van der Waals surface area contributed by atoms with E-state index in [2.05, 4.69) is 32.0 Å². The monoisotopic (exact) mass is 285 g/mol. The van der Waals surface area contributed by atoms with Crippen molar-refractivity contribution in [2.24, 2.45) is 5.73 Å². The largest absolute Gasteiger partial charge is 0.491 e. The lowest BCUT2D eigenvalue weighted by atomic mass is 9.94. The summed E-state index contributed by atoms with van der Waals surface area (Å²) >= 11 is 0. The predicted molar refractivity (Wildman–Crippen MR) is 85.8 cm³/mol. The third-order valence-electron chi connectivity index (χ3n) is 3.57. The Morgan fingerprint density at radius 2 is 1.76 bits per heavy atom. The molecule has 0 radical (unpaired) electrons. The number of aryl methyl sites for hydroxylation is 2. The second kappa shape index (κ2) is 7.25. The van der Waals surface area contributed by atoms with E-state index in [-0.39, 0.29) is 6.04 Å². The molecule has 0 aliphatic carbocycles. The van der Waals surface area contributed by atoms with Crippen molar-refractivity contribution in [3.05, 3.63) is 64.7 Å². The van der Waals surface area contributed by atoms with Crippen LogP contribution < -0.4 is 10.5 Å². The molecule has 3 heteroatoms. The molecule has 2 rings (SSSR count). The topological polar surface area (TPSA) is 44.5 Å². The fourth-order valence-electron chi connectivity index (χ4n) is 2.37. The highest BCUT2D eigenvalue weighted by atomic mass is 16.5. The highest BCUT2D eigenvalue weighted by molar-refractivity contribution is 5.44. The van der Waals surface area contributed by atoms with Crippen molar-refractivity contribution < 1.29 is 9.47 Å². The number of nitrogens with two attached hydrogens (primary N) is 1. The Morgan fingerprint density at radius 3 is 2.52 bits per heavy atom. The lowest BCUT2D eigenvalue weighted by molar-refractivity contribution is 0.145. The number of methoxy groups -OCH3 is 1. The van der Waals surface area contributed by atoms with Crippen molar-refractivity contribution in [1.29, 1.82) is 0 Å². The Hall–Kier alpha value is -1.84. The van der Waals surface area contributed by atoms with Crippen LogP contribution in [-0.2, 0) is 4.74 Å². The zero-order chi connectivity index (χ0) is 15.2. The minimum Gasteiger partial charge on any atom is -0.491 e. The molecule has 0 amide bonds. The van der Waals surface area contributed by atoms with Gasteiger partial charge in [0, 0.05) is 12.7 Å². The van der Waals surface area contributed by atoms with Crippen LogP contribution in [0.2, 0.25) is 0 Å². The molecular weight excluding hydrogens is 262 g/mol. The molecule has 0 fully saturated rings. The first-order chi connectivity index (χ1) is 10.1. The average Bonchev–Trinajstić information content (AvgIpc) is 2.50. The molecule has 2 aromatic rings. The lowest BCUT2D eigenvalue weighted by Gasteiger charge is -2.19. The first-order valence-electron chi connectivity index (χ1n) is 7.17. The van der Waals surface area contributed by atoms with Gasteiger partial charge in [0.2, 0.25) is 0 Å². The van der Waals surface area contributed by atoms with Crippen molar-refractivity contribution in [1.82, 2.24) is 0 Å². The minimum absolute atomic E-state index is 0.191. The van der Waals surface area contributed by atoms with E-state index < -0.39 is 0 Å². The van der Waals surface area contributed by atoms with Gasteiger partial charge in [-0.3, -0.25) is 0 Å². The molecule has 2 aromatic carbocycles. The third-order valence-corrected chi connectivity index (χ3v) is 3.57. The highest BCUT2D eigenvalue weighted by Crippen LogP contribution is 2.30. The van der Waals surface area contributed by atoms with Gasteiger partial charge in [0.05, 0.1) is 12.6 Å². The molecule has 0 aliphatic rings. The molecular formula is C18H23NO2. The van der Waals surface area contributed by atoms with Crippen LogP contribution in [0.15, 0.2) is 42.5 Å². The number of hydrogen-bond donors (Lipinski definition) is 1. The molecule has 1 atom stereocenters. The molecule has 0 aromatic heterocycles. The van der Waals surface area contributed by atoms with Gasteiger partial charge in [-0.25, -0.2) is 0 Å². The number of para-hydroxylation sites is 1. The van der Waals surface area contributed by atoms with Crippen LogP contribution in [0.1, 0.15) is 28.3 Å². The summed E-state index contributed by atoms with van der Waals surface area (Å²) in [6.07, 6.45) is 0. The standard InChI is InChI=1S/C18H23NO2/c1-13-8-9-14(2)16(12-13)18(19)15-6-4-5-7-17(15)21-11-10-20-3/h4-9,12,18H,10-11,19H2,1-3H3. The highest BCUT2D eigenvalue weighted by Gasteiger charge is 2.16. The summed E-state index contributed by atoms with van der Waals surface area (Å²) in [6, 6.07) is 14.1. The fourth-order valence-corrected chi connectivity index (χ4v) is 2.37. The van der Waals surface area contributed by atoms with E-state index in [4.69, 9.17) is 15.2 Å². The molecule has 1 unspecified atom stereocenters. The van der Waals surface area contributed by atoms with E-state index in [1.54, 1.807) is 7.11 Å². The van der Waals surface area contributed by atoms with Gasteiger partial charge in [0.1, 0.15) is 12.4 Å². The minimum atomic E-state index is -0.191. The van der Waals surface area contributed by atoms with Crippen molar-refractivity contribution in [3.63, 3.8) is 0 Å². The third kappa shape index (κ3) is 3.84. The van der Waals surface area contributed by atoms with Crippen molar-refractivity contribution in [2.45, 2.75) is 19.9 Å². The number of hydrogen-bond acceptors (Lipinski definition) is 3. The van der Waals surface area contributed by atoms with Gasteiger partial charge in [-0.05, 0) is 31.0 Å². The van der Waals surface area contributed by atoms with Crippen molar-refractivity contribution in [2.75, 3.05) is 20.3 Å². The summed E-state index contributed by atoms with van der Waals surface area (Å²) in [7, 11) is 1.66. The van der Waals surface area contributed by atoms with Crippen LogP contribution in [0.3, 0.4) is 0 Å². The van der Waals surface area contributed by atoms with Crippen LogP contribution in [0.25, 0.3) is 0 Å². The average molecular weight is 285 g/mol. The van der Waals surface area contributed by atoms with Crippen molar-refractivity contribution in [3.8, 4) is 5.75 Å². The molecule has 112 valence electrons. The molecule has 0 aliphatic heterocycles. The Bertz CT molecular complexity index is 596. The zero-order valence-corrected chi connectivity index (χ0v) is 12.9. The molecule has 3 nitrogen and oxygen atoms in total. The van der Waals surface area contributed by atoms with Crippen LogP contribution in [-0.4, -0.2) is 20.3 Å². The molecule has 2 N–H and O–H groups in total. The van der Waals surface area contributed by atoms with Crippen LogP contribution >= 0.6 is 0 Å². The Kier molecular flexibility index (Phi) is 5.37. The van der Waals surface area contributed by atoms with Gasteiger partial charge < -0.3 is 15.2 Å². The van der Waals surface area contributed by atoms with Gasteiger partial charge in [0.15, 0.2) is 0 Å². The number of benzene rings is 2. The molecule has 0 saturated carbocycles. The molecule has 0 bridgehead atoms. The lowest BCUT2D eigenvalue weighted by Crippen LogP contribution is -2.16. The summed E-state index contributed by atoms with van der Waals surface area (Å²) in [4.78, 5) is 0. The van der Waals surface area contributed by atoms with E-state index in [1.165, 1.54) is 11.1 Å². The summed E-state index contributed by atoms with van der Waals surface area (Å²) in [5, 5.41) is 0. The number of rotatable bonds is 6. The normalized spacial score (nSPS) is 12.2. The SMILES string of the molecule is COCCOc1ccccc1C(N)c1cc(C)ccc1C. The molecule has 0 heterocycles. The summed E-state index contributed by atoms with van der Waals surface area (Å²) < 4.78 is 10.8. The van der Waals surface area contributed by atoms with Crippen LogP contribution in [0.5, 0.6) is 5.75 Å². The summed E-state index contributed by atoms with van der Waals surface area (Å²) in [5.41, 5.74) is 11.0. The zero-order valence-electron chi connectivity index (χ0n) is 12.9. The number of ether oxygens (including phenoxy) is 2. The maximum Gasteiger partial charge on any atom is 0.124 e. The second-order valence-electron chi connectivity index (χ2n) is 5.22. The van der Waals surface area contributed by atoms with Crippen LogP contribution in [0, 0.1) is 13.8 Å². The van der Waals surface area contributed by atoms with E-state index in [1.807, 2.05) is 24.3 Å². The van der Waals surface area contributed by atoms with Gasteiger partial charge in [-0.2, -0.15) is 0 Å². The summed E-state index contributed by atoms with van der Waals surface area (Å²) in [6.45, 7) is 5.25. The van der Waals surface area contributed by atoms with Gasteiger partial charge in [0.25, 0.3) is 0 Å². The molecule has 21 heavy (non-hydrogen) atoms. The fraction of sp³-hybridized carbons (Fsp3) is 0.333.